The molecule has 1 fully saturated rings. The summed E-state index contributed by atoms with van der Waals surface area (Å²) in [6, 6.07) is 5.28. The Morgan fingerprint density at radius 3 is 2.70 bits per heavy atom. The molecule has 1 atom stereocenters. The van der Waals surface area contributed by atoms with Gasteiger partial charge in [0.1, 0.15) is 11.9 Å². The minimum atomic E-state index is -0.193. The number of hydrogen-bond donors (Lipinski definition) is 0. The molecule has 4 nitrogen and oxygen atoms in total. The van der Waals surface area contributed by atoms with Gasteiger partial charge in [-0.05, 0) is 17.7 Å². The standard InChI is InChI=1S/C13H14Cl2N2O2S/c1-16(2)11(18)6-17-12(19)7-20-13(17)8-3-4-9(14)10(15)5-8/h3-5,13H,6-7H2,1-2H3/t13-/m1/s1. The van der Waals surface area contributed by atoms with Crippen molar-refractivity contribution in [2.24, 2.45) is 0 Å². The lowest BCUT2D eigenvalue weighted by molar-refractivity contribution is -0.137. The summed E-state index contributed by atoms with van der Waals surface area (Å²) in [4.78, 5) is 26.8. The van der Waals surface area contributed by atoms with E-state index in [0.29, 0.717) is 15.8 Å². The van der Waals surface area contributed by atoms with Crippen LogP contribution in [-0.4, -0.2) is 48.0 Å². The van der Waals surface area contributed by atoms with E-state index in [2.05, 4.69) is 0 Å². The van der Waals surface area contributed by atoms with E-state index < -0.39 is 0 Å². The van der Waals surface area contributed by atoms with Crippen LogP contribution in [-0.2, 0) is 9.59 Å². The molecule has 1 aliphatic heterocycles. The van der Waals surface area contributed by atoms with Gasteiger partial charge in [-0.25, -0.2) is 0 Å². The van der Waals surface area contributed by atoms with Gasteiger partial charge in [-0.15, -0.1) is 11.8 Å². The Labute approximate surface area is 132 Å². The van der Waals surface area contributed by atoms with Crippen LogP contribution in [0.25, 0.3) is 0 Å². The Morgan fingerprint density at radius 2 is 2.10 bits per heavy atom. The lowest BCUT2D eigenvalue weighted by Crippen LogP contribution is -2.38. The summed E-state index contributed by atoms with van der Waals surface area (Å²) in [5, 5.41) is 0.727. The highest BCUT2D eigenvalue weighted by Gasteiger charge is 2.34. The molecule has 108 valence electrons. The molecule has 1 aliphatic rings. The molecular formula is C13H14Cl2N2O2S. The maximum absolute atomic E-state index is 11.9. The molecule has 2 rings (SSSR count). The van der Waals surface area contributed by atoms with Crippen molar-refractivity contribution in [3.8, 4) is 0 Å². The summed E-state index contributed by atoms with van der Waals surface area (Å²) in [6.07, 6.45) is 0. The summed E-state index contributed by atoms with van der Waals surface area (Å²) >= 11 is 13.4. The normalized spacial score (nSPS) is 18.5. The van der Waals surface area contributed by atoms with Crippen LogP contribution in [0.15, 0.2) is 18.2 Å². The van der Waals surface area contributed by atoms with Crippen LogP contribution in [0.4, 0.5) is 0 Å². The number of nitrogens with zero attached hydrogens (tertiary/aromatic N) is 2. The van der Waals surface area contributed by atoms with Crippen LogP contribution in [0.5, 0.6) is 0 Å². The van der Waals surface area contributed by atoms with Gasteiger partial charge in [0.25, 0.3) is 0 Å². The van der Waals surface area contributed by atoms with Crippen molar-refractivity contribution in [1.29, 1.82) is 0 Å². The molecule has 0 spiro atoms. The highest BCUT2D eigenvalue weighted by Crippen LogP contribution is 2.40. The van der Waals surface area contributed by atoms with E-state index in [1.165, 1.54) is 16.7 Å². The number of carbonyl (C=O) groups is 2. The van der Waals surface area contributed by atoms with Crippen molar-refractivity contribution < 1.29 is 9.59 Å². The highest BCUT2D eigenvalue weighted by atomic mass is 35.5. The fourth-order valence-electron chi connectivity index (χ4n) is 1.85. The molecule has 1 saturated heterocycles. The average molecular weight is 333 g/mol. The molecule has 0 saturated carbocycles. The van der Waals surface area contributed by atoms with Crippen molar-refractivity contribution >= 4 is 46.8 Å². The van der Waals surface area contributed by atoms with Gasteiger partial charge in [0, 0.05) is 14.1 Å². The minimum absolute atomic E-state index is 0.0405. The zero-order valence-electron chi connectivity index (χ0n) is 11.1. The van der Waals surface area contributed by atoms with Crippen molar-refractivity contribution in [3.05, 3.63) is 33.8 Å². The van der Waals surface area contributed by atoms with Crippen molar-refractivity contribution in [1.82, 2.24) is 9.80 Å². The smallest absolute Gasteiger partial charge is 0.241 e. The quantitative estimate of drug-likeness (QED) is 0.854. The Bertz CT molecular complexity index is 551. The van der Waals surface area contributed by atoms with E-state index in [4.69, 9.17) is 23.2 Å². The largest absolute Gasteiger partial charge is 0.347 e. The first-order chi connectivity index (χ1) is 9.40. The molecule has 1 heterocycles. The van der Waals surface area contributed by atoms with Crippen LogP contribution in [0.3, 0.4) is 0 Å². The van der Waals surface area contributed by atoms with Gasteiger partial charge < -0.3 is 9.80 Å². The Morgan fingerprint density at radius 1 is 1.40 bits per heavy atom. The molecule has 2 amide bonds. The van der Waals surface area contributed by atoms with Gasteiger partial charge in [-0.3, -0.25) is 9.59 Å². The summed E-state index contributed by atoms with van der Waals surface area (Å²) in [6.45, 7) is 0.0732. The predicted octanol–water partition coefficient (Wildman–Crippen LogP) is 2.66. The average Bonchev–Trinajstić information content (AvgIpc) is 2.74. The summed E-state index contributed by atoms with van der Waals surface area (Å²) in [5.41, 5.74) is 0.877. The lowest BCUT2D eigenvalue weighted by atomic mass is 10.2. The first kappa shape index (κ1) is 15.5. The molecule has 7 heteroatoms. The van der Waals surface area contributed by atoms with Gasteiger partial charge in [0.15, 0.2) is 0 Å². The van der Waals surface area contributed by atoms with Crippen LogP contribution in [0.2, 0.25) is 10.0 Å². The third kappa shape index (κ3) is 3.22. The number of halogens is 2. The number of hydrogen-bond acceptors (Lipinski definition) is 3. The third-order valence-corrected chi connectivity index (χ3v) is 5.00. The summed E-state index contributed by atoms with van der Waals surface area (Å²) in [7, 11) is 3.34. The Hall–Kier alpha value is -0.910. The van der Waals surface area contributed by atoms with E-state index in [1.54, 1.807) is 31.1 Å². The van der Waals surface area contributed by atoms with Crippen LogP contribution < -0.4 is 0 Å². The predicted molar refractivity (Wildman–Crippen MR) is 82.1 cm³/mol. The van der Waals surface area contributed by atoms with E-state index in [1.807, 2.05) is 6.07 Å². The number of amides is 2. The van der Waals surface area contributed by atoms with Gasteiger partial charge in [0.2, 0.25) is 11.8 Å². The highest BCUT2D eigenvalue weighted by molar-refractivity contribution is 8.00. The molecule has 0 aromatic heterocycles. The number of rotatable bonds is 3. The molecule has 1 aromatic carbocycles. The third-order valence-electron chi connectivity index (χ3n) is 3.00. The SMILES string of the molecule is CN(C)C(=O)CN1C(=O)CS[C@@H]1c1ccc(Cl)c(Cl)c1. The molecular weight excluding hydrogens is 319 g/mol. The van der Waals surface area contributed by atoms with E-state index >= 15 is 0 Å². The second kappa shape index (κ2) is 6.24. The van der Waals surface area contributed by atoms with Gasteiger partial charge in [-0.2, -0.15) is 0 Å². The van der Waals surface area contributed by atoms with Crippen LogP contribution in [0, 0.1) is 0 Å². The van der Waals surface area contributed by atoms with Gasteiger partial charge in [-0.1, -0.05) is 29.3 Å². The molecule has 0 aliphatic carbocycles. The number of benzene rings is 1. The summed E-state index contributed by atoms with van der Waals surface area (Å²) in [5.74, 6) is 0.221. The van der Waals surface area contributed by atoms with E-state index in [-0.39, 0.29) is 23.7 Å². The Kier molecular flexibility index (Phi) is 4.83. The van der Waals surface area contributed by atoms with Gasteiger partial charge in [0.05, 0.1) is 15.8 Å². The zero-order chi connectivity index (χ0) is 14.9. The topological polar surface area (TPSA) is 40.6 Å². The number of likely N-dealkylation sites (N-methyl/N-ethyl adjacent to an activating group) is 1. The number of thioether (sulfide) groups is 1. The molecule has 0 N–H and O–H groups in total. The second-order valence-corrected chi connectivity index (χ2v) is 6.53. The lowest BCUT2D eigenvalue weighted by Gasteiger charge is -2.25. The molecule has 0 unspecified atom stereocenters. The first-order valence-electron chi connectivity index (χ1n) is 5.96. The van der Waals surface area contributed by atoms with Crippen LogP contribution in [0.1, 0.15) is 10.9 Å². The maximum Gasteiger partial charge on any atom is 0.241 e. The van der Waals surface area contributed by atoms with Crippen LogP contribution >= 0.6 is 35.0 Å². The fourth-order valence-corrected chi connectivity index (χ4v) is 3.34. The van der Waals surface area contributed by atoms with E-state index in [0.717, 1.165) is 5.56 Å². The van der Waals surface area contributed by atoms with Crippen molar-refractivity contribution in [2.75, 3.05) is 26.4 Å². The molecule has 0 bridgehead atoms. The fraction of sp³-hybridized carbons (Fsp3) is 0.385. The van der Waals surface area contributed by atoms with Crippen molar-refractivity contribution in [2.45, 2.75) is 5.37 Å². The van der Waals surface area contributed by atoms with E-state index in [9.17, 15) is 9.59 Å². The zero-order valence-corrected chi connectivity index (χ0v) is 13.4. The second-order valence-electron chi connectivity index (χ2n) is 4.65. The molecule has 0 radical (unpaired) electrons. The van der Waals surface area contributed by atoms with Gasteiger partial charge >= 0.3 is 0 Å². The molecule has 1 aromatic rings. The summed E-state index contributed by atoms with van der Waals surface area (Å²) < 4.78 is 0. The maximum atomic E-state index is 11.9. The van der Waals surface area contributed by atoms with Crippen molar-refractivity contribution in [3.63, 3.8) is 0 Å². The Balaban J connectivity index is 2.23. The minimum Gasteiger partial charge on any atom is -0.347 e. The number of carbonyl (C=O) groups excluding carboxylic acids is 2. The first-order valence-corrected chi connectivity index (χ1v) is 7.77. The monoisotopic (exact) mass is 332 g/mol. The molecule has 20 heavy (non-hydrogen) atoms.